The van der Waals surface area contributed by atoms with Gasteiger partial charge in [0.2, 0.25) is 0 Å². The van der Waals surface area contributed by atoms with Crippen LogP contribution in [0.15, 0.2) is 48.5 Å². The third kappa shape index (κ3) is 3.83. The molecule has 0 aliphatic carbocycles. The van der Waals surface area contributed by atoms with Gasteiger partial charge in [0.25, 0.3) is 0 Å². The van der Waals surface area contributed by atoms with Crippen LogP contribution < -0.4 is 5.32 Å². The van der Waals surface area contributed by atoms with Gasteiger partial charge in [-0.15, -0.1) is 0 Å². The van der Waals surface area contributed by atoms with E-state index >= 15 is 0 Å². The van der Waals surface area contributed by atoms with E-state index in [-0.39, 0.29) is 6.04 Å². The van der Waals surface area contributed by atoms with Crippen molar-refractivity contribution in [1.29, 1.82) is 0 Å². The quantitative estimate of drug-likeness (QED) is 0.871. The van der Waals surface area contributed by atoms with Crippen molar-refractivity contribution in [3.05, 3.63) is 70.2 Å². The highest BCUT2D eigenvalue weighted by atomic mass is 35.5. The summed E-state index contributed by atoms with van der Waals surface area (Å²) in [5.74, 6) is 0. The standard InChI is InChI=1S/C17H20ClNO/c1-12-5-3-4-6-16(12)13(2)19-11-17(20)14-7-9-15(18)10-8-14/h3-10,13,17,19-20H,11H2,1-2H3. The SMILES string of the molecule is Cc1ccccc1C(C)NCC(O)c1ccc(Cl)cc1. The van der Waals surface area contributed by atoms with E-state index in [1.165, 1.54) is 11.1 Å². The fourth-order valence-corrected chi connectivity index (χ4v) is 2.40. The molecule has 2 atom stereocenters. The van der Waals surface area contributed by atoms with Crippen LogP contribution in [0.25, 0.3) is 0 Å². The topological polar surface area (TPSA) is 32.3 Å². The van der Waals surface area contributed by atoms with Gasteiger partial charge >= 0.3 is 0 Å². The van der Waals surface area contributed by atoms with Crippen LogP contribution in [0.1, 0.15) is 35.8 Å². The molecule has 0 saturated heterocycles. The maximum absolute atomic E-state index is 10.2. The minimum Gasteiger partial charge on any atom is -0.387 e. The molecule has 2 aromatic rings. The van der Waals surface area contributed by atoms with Crippen molar-refractivity contribution < 1.29 is 5.11 Å². The van der Waals surface area contributed by atoms with E-state index in [9.17, 15) is 5.11 Å². The van der Waals surface area contributed by atoms with Crippen molar-refractivity contribution in [2.45, 2.75) is 26.0 Å². The van der Waals surface area contributed by atoms with Gasteiger partial charge in [-0.2, -0.15) is 0 Å². The van der Waals surface area contributed by atoms with Gasteiger partial charge in [0.05, 0.1) is 6.10 Å². The number of halogens is 1. The number of aliphatic hydroxyl groups excluding tert-OH is 1. The van der Waals surface area contributed by atoms with E-state index in [4.69, 9.17) is 11.6 Å². The fraction of sp³-hybridized carbons (Fsp3) is 0.294. The summed E-state index contributed by atoms with van der Waals surface area (Å²) in [5.41, 5.74) is 3.39. The third-order valence-corrected chi connectivity index (χ3v) is 3.78. The van der Waals surface area contributed by atoms with Crippen LogP contribution >= 0.6 is 11.6 Å². The van der Waals surface area contributed by atoms with Gasteiger partial charge in [-0.1, -0.05) is 48.0 Å². The molecule has 0 fully saturated rings. The Morgan fingerprint density at radius 3 is 2.40 bits per heavy atom. The van der Waals surface area contributed by atoms with Crippen molar-refractivity contribution in [2.75, 3.05) is 6.54 Å². The summed E-state index contributed by atoms with van der Waals surface area (Å²) in [5, 5.41) is 14.2. The molecule has 2 rings (SSSR count). The lowest BCUT2D eigenvalue weighted by Crippen LogP contribution is -2.25. The normalized spacial score (nSPS) is 14.0. The lowest BCUT2D eigenvalue weighted by atomic mass is 10.0. The highest BCUT2D eigenvalue weighted by Crippen LogP contribution is 2.19. The number of rotatable bonds is 5. The number of aryl methyl sites for hydroxylation is 1. The number of hydrogen-bond acceptors (Lipinski definition) is 2. The fourth-order valence-electron chi connectivity index (χ4n) is 2.27. The van der Waals surface area contributed by atoms with Gasteiger partial charge in [-0.3, -0.25) is 0 Å². The molecule has 2 nitrogen and oxygen atoms in total. The van der Waals surface area contributed by atoms with Crippen LogP contribution in [0.5, 0.6) is 0 Å². The lowest BCUT2D eigenvalue weighted by molar-refractivity contribution is 0.171. The molecule has 20 heavy (non-hydrogen) atoms. The average molecular weight is 290 g/mol. The number of nitrogens with one attached hydrogen (secondary N) is 1. The minimum atomic E-state index is -0.529. The molecule has 0 amide bonds. The van der Waals surface area contributed by atoms with Crippen LogP contribution in [0.4, 0.5) is 0 Å². The van der Waals surface area contributed by atoms with Gasteiger partial charge in [0.15, 0.2) is 0 Å². The first-order valence-corrected chi connectivity index (χ1v) is 7.18. The predicted molar refractivity (Wildman–Crippen MR) is 84.0 cm³/mol. The maximum atomic E-state index is 10.2. The van der Waals surface area contributed by atoms with E-state index in [1.54, 1.807) is 12.1 Å². The molecule has 0 radical (unpaired) electrons. The Balaban J connectivity index is 1.95. The summed E-state index contributed by atoms with van der Waals surface area (Å²) in [6.07, 6.45) is -0.529. The molecular formula is C17H20ClNO. The number of hydrogen-bond donors (Lipinski definition) is 2. The molecule has 2 aromatic carbocycles. The maximum Gasteiger partial charge on any atom is 0.0914 e. The van der Waals surface area contributed by atoms with Crippen molar-refractivity contribution >= 4 is 11.6 Å². The molecule has 0 bridgehead atoms. The molecule has 3 heteroatoms. The van der Waals surface area contributed by atoms with E-state index in [0.717, 1.165) is 5.56 Å². The third-order valence-electron chi connectivity index (χ3n) is 3.53. The summed E-state index contributed by atoms with van der Waals surface area (Å²) in [6, 6.07) is 15.8. The first-order valence-electron chi connectivity index (χ1n) is 6.80. The van der Waals surface area contributed by atoms with Crippen molar-refractivity contribution in [3.63, 3.8) is 0 Å². The molecule has 0 heterocycles. The van der Waals surface area contributed by atoms with E-state index < -0.39 is 6.10 Å². The number of benzene rings is 2. The monoisotopic (exact) mass is 289 g/mol. The van der Waals surface area contributed by atoms with Gasteiger partial charge in [0.1, 0.15) is 0 Å². The molecule has 0 aromatic heterocycles. The zero-order chi connectivity index (χ0) is 14.5. The second-order valence-corrected chi connectivity index (χ2v) is 5.49. The minimum absolute atomic E-state index is 0.207. The van der Waals surface area contributed by atoms with Gasteiger partial charge < -0.3 is 10.4 Å². The molecule has 0 spiro atoms. The van der Waals surface area contributed by atoms with Crippen molar-refractivity contribution in [2.24, 2.45) is 0 Å². The van der Waals surface area contributed by atoms with Crippen LogP contribution in [-0.4, -0.2) is 11.7 Å². The first-order chi connectivity index (χ1) is 9.58. The van der Waals surface area contributed by atoms with Crippen LogP contribution in [0, 0.1) is 6.92 Å². The zero-order valence-electron chi connectivity index (χ0n) is 11.8. The molecule has 0 aliphatic heterocycles. The summed E-state index contributed by atoms with van der Waals surface area (Å²) in [6.45, 7) is 4.72. The molecule has 0 saturated carbocycles. The highest BCUT2D eigenvalue weighted by molar-refractivity contribution is 6.30. The summed E-state index contributed by atoms with van der Waals surface area (Å²) in [4.78, 5) is 0. The summed E-state index contributed by atoms with van der Waals surface area (Å²) < 4.78 is 0. The Morgan fingerprint density at radius 1 is 1.10 bits per heavy atom. The summed E-state index contributed by atoms with van der Waals surface area (Å²) in [7, 11) is 0. The first kappa shape index (κ1) is 15.0. The Bertz CT molecular complexity index is 553. The zero-order valence-corrected chi connectivity index (χ0v) is 12.6. The van der Waals surface area contributed by atoms with Crippen LogP contribution in [-0.2, 0) is 0 Å². The van der Waals surface area contributed by atoms with Gasteiger partial charge in [-0.05, 0) is 42.7 Å². The highest BCUT2D eigenvalue weighted by Gasteiger charge is 2.11. The Hall–Kier alpha value is -1.35. The van der Waals surface area contributed by atoms with Gasteiger partial charge in [0, 0.05) is 17.6 Å². The second kappa shape index (κ2) is 6.89. The molecule has 0 aliphatic rings. The average Bonchev–Trinajstić information content (AvgIpc) is 2.45. The molecule has 2 unspecified atom stereocenters. The lowest BCUT2D eigenvalue weighted by Gasteiger charge is -2.19. The second-order valence-electron chi connectivity index (χ2n) is 5.05. The van der Waals surface area contributed by atoms with E-state index in [1.807, 2.05) is 24.3 Å². The molecule has 2 N–H and O–H groups in total. The predicted octanol–water partition coefficient (Wildman–Crippen LogP) is 4.03. The molecular weight excluding hydrogens is 270 g/mol. The number of aliphatic hydroxyl groups is 1. The smallest absolute Gasteiger partial charge is 0.0914 e. The Morgan fingerprint density at radius 2 is 1.75 bits per heavy atom. The Kier molecular flexibility index (Phi) is 5.18. The Labute approximate surface area is 125 Å². The summed E-state index contributed by atoms with van der Waals surface area (Å²) >= 11 is 5.84. The van der Waals surface area contributed by atoms with Crippen molar-refractivity contribution in [1.82, 2.24) is 5.32 Å². The van der Waals surface area contributed by atoms with E-state index in [0.29, 0.717) is 11.6 Å². The van der Waals surface area contributed by atoms with E-state index in [2.05, 4.69) is 31.3 Å². The van der Waals surface area contributed by atoms with Crippen LogP contribution in [0.2, 0.25) is 5.02 Å². The van der Waals surface area contributed by atoms with Crippen LogP contribution in [0.3, 0.4) is 0 Å². The van der Waals surface area contributed by atoms with Gasteiger partial charge in [-0.25, -0.2) is 0 Å². The largest absolute Gasteiger partial charge is 0.387 e. The molecule has 106 valence electrons. The van der Waals surface area contributed by atoms with Crippen molar-refractivity contribution in [3.8, 4) is 0 Å².